The molecule has 10 heteroatoms. The first kappa shape index (κ1) is 33.3. The first-order valence-electron chi connectivity index (χ1n) is 9.04. The molecule has 0 saturated heterocycles. The zero-order valence-corrected chi connectivity index (χ0v) is 21.7. The molecule has 181 valence electrons. The van der Waals surface area contributed by atoms with E-state index < -0.39 is 11.9 Å². The summed E-state index contributed by atoms with van der Waals surface area (Å²) in [7, 11) is 0. The molecule has 4 rings (SSSR count). The standard InChI is InChI=1S/2C7H5BrO2.2C5H5N.Cu.H2O/c2*8-6-3-1-5(2-4-6)7(9)10;2*1-2-4-6-5-3-1;;/h2*1-4H,(H,9,10);2*1-5H;;1H2/q;;;;+2;/p-1. The fourth-order valence-corrected chi connectivity index (χ4v) is 2.33. The van der Waals surface area contributed by atoms with Crippen molar-refractivity contribution in [2.45, 2.75) is 0 Å². The number of aromatic carboxylic acids is 2. The number of aromatic nitrogens is 2. The Hall–Kier alpha value is -2.88. The van der Waals surface area contributed by atoms with Crippen LogP contribution >= 0.6 is 31.9 Å². The second kappa shape index (κ2) is 20.7. The Kier molecular flexibility index (Phi) is 20.3. The van der Waals surface area contributed by atoms with E-state index >= 15 is 0 Å². The molecule has 2 aromatic heterocycles. The third-order valence-electron chi connectivity index (χ3n) is 3.29. The van der Waals surface area contributed by atoms with Crippen LogP contribution in [0.2, 0.25) is 0 Å². The summed E-state index contributed by atoms with van der Waals surface area (Å²) in [6, 6.07) is 24.0. The van der Waals surface area contributed by atoms with Crippen LogP contribution in [0.4, 0.5) is 0 Å². The maximum absolute atomic E-state index is 10.2. The Morgan fingerprint density at radius 1 is 0.559 bits per heavy atom. The molecule has 3 N–H and O–H groups in total. The summed E-state index contributed by atoms with van der Waals surface area (Å²) >= 11 is 6.36. The van der Waals surface area contributed by atoms with E-state index in [4.69, 9.17) is 0 Å². The van der Waals surface area contributed by atoms with Crippen molar-refractivity contribution in [3.05, 3.63) is 130 Å². The number of nitrogens with zero attached hydrogens (tertiary/aromatic N) is 2. The van der Waals surface area contributed by atoms with Crippen molar-refractivity contribution in [3.8, 4) is 0 Å². The van der Waals surface area contributed by atoms with Gasteiger partial charge in [-0.15, -0.1) is 0 Å². The second-order valence-electron chi connectivity index (χ2n) is 5.64. The number of rotatable bonds is 2. The van der Waals surface area contributed by atoms with Crippen LogP contribution in [0.1, 0.15) is 20.7 Å². The summed E-state index contributed by atoms with van der Waals surface area (Å²) in [6.45, 7) is 0. The van der Waals surface area contributed by atoms with Crippen molar-refractivity contribution in [2.24, 2.45) is 0 Å². The van der Waals surface area contributed by atoms with Crippen molar-refractivity contribution in [1.82, 2.24) is 9.97 Å². The fourth-order valence-electron chi connectivity index (χ4n) is 1.80. The molecule has 4 aromatic rings. The maximum atomic E-state index is 10.2. The van der Waals surface area contributed by atoms with E-state index in [-0.39, 0.29) is 33.7 Å². The van der Waals surface area contributed by atoms with Gasteiger partial charge >= 0.3 is 17.1 Å². The minimum atomic E-state index is -1.15. The van der Waals surface area contributed by atoms with Crippen LogP contribution in [0.25, 0.3) is 0 Å². The van der Waals surface area contributed by atoms with Crippen molar-refractivity contribution in [2.75, 3.05) is 0 Å². The Bertz CT molecular complexity index is 900. The summed E-state index contributed by atoms with van der Waals surface area (Å²) in [5, 5.41) is 20.4. The smallest absolute Gasteiger partial charge is 0.545 e. The molecule has 2 heterocycles. The number of carbonyl (C=O) groups is 2. The van der Waals surface area contributed by atoms with E-state index in [9.17, 15) is 19.8 Å². The second-order valence-corrected chi connectivity index (χ2v) is 7.47. The molecule has 2 aromatic carbocycles. The van der Waals surface area contributed by atoms with Crippen LogP contribution in [-0.2, 0) is 22.5 Å². The van der Waals surface area contributed by atoms with E-state index in [2.05, 4.69) is 41.8 Å². The van der Waals surface area contributed by atoms with Crippen LogP contribution in [0.3, 0.4) is 0 Å². The van der Waals surface area contributed by atoms with Crippen molar-refractivity contribution in [1.29, 1.82) is 0 Å². The Morgan fingerprint density at radius 3 is 0.971 bits per heavy atom. The molecule has 0 aliphatic heterocycles. The van der Waals surface area contributed by atoms with Crippen LogP contribution in [-0.4, -0.2) is 21.9 Å². The van der Waals surface area contributed by atoms with Gasteiger partial charge in [0.15, 0.2) is 0 Å². The monoisotopic (exact) mass is 638 g/mol. The van der Waals surface area contributed by atoms with Gasteiger partial charge in [0.2, 0.25) is 0 Å². The van der Waals surface area contributed by atoms with Gasteiger partial charge in [0.25, 0.3) is 0 Å². The van der Waals surface area contributed by atoms with Crippen LogP contribution in [0.5, 0.6) is 0 Å². The van der Waals surface area contributed by atoms with Gasteiger partial charge in [0.05, 0.1) is 11.9 Å². The molecule has 0 saturated carbocycles. The molecule has 0 fully saturated rings. The normalized spacial score (nSPS) is 8.29. The average molecular weight is 641 g/mol. The van der Waals surface area contributed by atoms with Crippen LogP contribution in [0.15, 0.2) is 119 Å². The topological polar surface area (TPSA) is 139 Å². The molecule has 0 amide bonds. The predicted molar refractivity (Wildman–Crippen MR) is 130 cm³/mol. The molecule has 7 nitrogen and oxygen atoms in total. The molecule has 0 unspecified atom stereocenters. The van der Waals surface area contributed by atoms with Gasteiger partial charge in [-0.2, -0.15) is 0 Å². The van der Waals surface area contributed by atoms with E-state index in [1.165, 1.54) is 24.3 Å². The van der Waals surface area contributed by atoms with Gasteiger partial charge in [0, 0.05) is 33.7 Å². The first-order chi connectivity index (χ1) is 15.4. The Labute approximate surface area is 225 Å². The van der Waals surface area contributed by atoms with Crippen LogP contribution < -0.4 is 10.2 Å². The van der Waals surface area contributed by atoms with Gasteiger partial charge in [-0.25, -0.2) is 0 Å². The number of hydrogen-bond donors (Lipinski definition) is 0. The maximum Gasteiger partial charge on any atom is 2.00 e. The molecule has 0 spiro atoms. The quantitative estimate of drug-likeness (QED) is 0.244. The number of carbonyl (C=O) groups excluding carboxylic acids is 2. The zero-order chi connectivity index (χ0) is 23.6. The first-order valence-corrected chi connectivity index (χ1v) is 10.6. The van der Waals surface area contributed by atoms with Crippen molar-refractivity contribution < 1.29 is 42.3 Å². The van der Waals surface area contributed by atoms with Crippen molar-refractivity contribution >= 4 is 43.8 Å². The average Bonchev–Trinajstić information content (AvgIpc) is 2.83. The number of halogens is 2. The fraction of sp³-hybridized carbons (Fsp3) is 0. The number of pyridine rings is 2. The molecule has 0 aliphatic rings. The summed E-state index contributed by atoms with van der Waals surface area (Å²) in [6.07, 6.45) is 7.00. The van der Waals surface area contributed by atoms with Gasteiger partial charge in [-0.05, 0) is 59.7 Å². The van der Waals surface area contributed by atoms with Crippen molar-refractivity contribution in [3.63, 3.8) is 0 Å². The summed E-state index contributed by atoms with van der Waals surface area (Å²) in [5.74, 6) is -2.29. The van der Waals surface area contributed by atoms with E-state index in [0.29, 0.717) is 0 Å². The number of carboxylic acids is 2. The summed E-state index contributed by atoms with van der Waals surface area (Å²) in [5.41, 5.74) is 0.395. The Balaban J connectivity index is 0. The molecule has 0 bridgehead atoms. The van der Waals surface area contributed by atoms with Gasteiger partial charge in [0.1, 0.15) is 0 Å². The minimum absolute atomic E-state index is 0. The summed E-state index contributed by atoms with van der Waals surface area (Å²) < 4.78 is 1.72. The number of carboxylic acid groups (broad SMARTS) is 2. The summed E-state index contributed by atoms with van der Waals surface area (Å²) in [4.78, 5) is 27.9. The van der Waals surface area contributed by atoms with Gasteiger partial charge in [-0.1, -0.05) is 68.3 Å². The van der Waals surface area contributed by atoms with Gasteiger partial charge in [-0.3, -0.25) is 9.97 Å². The number of hydrogen-bond acceptors (Lipinski definition) is 6. The Morgan fingerprint density at radius 2 is 0.824 bits per heavy atom. The third-order valence-corrected chi connectivity index (χ3v) is 4.35. The van der Waals surface area contributed by atoms with E-state index in [0.717, 1.165) is 8.95 Å². The third kappa shape index (κ3) is 16.7. The molecular weight excluding hydrogens is 620 g/mol. The SMILES string of the molecule is O=C([O-])c1ccc(Br)cc1.O=C([O-])c1ccc(Br)cc1.[Cu+2].[OH3+].c1ccncc1.c1ccncc1. The molecule has 0 atom stereocenters. The zero-order valence-electron chi connectivity index (χ0n) is 17.6. The van der Waals surface area contributed by atoms with E-state index in [1.807, 2.05) is 36.4 Å². The van der Waals surface area contributed by atoms with Gasteiger partial charge < -0.3 is 25.3 Å². The number of benzene rings is 2. The predicted octanol–water partition coefficient (Wildman–Crippen LogP) is 2.86. The molecular formula is C24H21Br2CuN2O5+. The molecule has 0 aliphatic carbocycles. The minimum Gasteiger partial charge on any atom is -0.545 e. The van der Waals surface area contributed by atoms with E-state index in [1.54, 1.807) is 49.1 Å². The molecule has 34 heavy (non-hydrogen) atoms. The largest absolute Gasteiger partial charge is 2.00 e. The molecule has 1 radical (unpaired) electrons. The van der Waals surface area contributed by atoms with Crippen LogP contribution in [0, 0.1) is 0 Å².